The third kappa shape index (κ3) is 2.32. The molecule has 3 rings (SSSR count). The number of halogens is 2. The van der Waals surface area contributed by atoms with E-state index in [1.54, 1.807) is 6.07 Å². The molecule has 0 aliphatic carbocycles. The Balaban J connectivity index is 2.16. The van der Waals surface area contributed by atoms with E-state index in [0.717, 1.165) is 11.3 Å². The maximum absolute atomic E-state index is 13.8. The molecule has 1 heterocycles. The molecular formula is C15H14ClFN2O. The van der Waals surface area contributed by atoms with Crippen LogP contribution < -0.4 is 15.8 Å². The Morgan fingerprint density at radius 2 is 2.10 bits per heavy atom. The summed E-state index contributed by atoms with van der Waals surface area (Å²) in [5, 5.41) is 3.86. The van der Waals surface area contributed by atoms with Gasteiger partial charge < -0.3 is 15.8 Å². The Morgan fingerprint density at radius 3 is 2.85 bits per heavy atom. The van der Waals surface area contributed by atoms with E-state index in [1.807, 2.05) is 18.2 Å². The van der Waals surface area contributed by atoms with E-state index < -0.39 is 0 Å². The highest BCUT2D eigenvalue weighted by atomic mass is 35.5. The summed E-state index contributed by atoms with van der Waals surface area (Å²) < 4.78 is 19.4. The van der Waals surface area contributed by atoms with Gasteiger partial charge in [0.25, 0.3) is 0 Å². The minimum Gasteiger partial charge on any atom is -0.489 e. The molecule has 1 unspecified atom stereocenters. The first-order chi connectivity index (χ1) is 9.69. The first-order valence-corrected chi connectivity index (χ1v) is 6.74. The van der Waals surface area contributed by atoms with Crippen molar-refractivity contribution in [2.45, 2.75) is 6.04 Å². The Kier molecular flexibility index (Phi) is 3.51. The zero-order valence-electron chi connectivity index (χ0n) is 10.7. The lowest BCUT2D eigenvalue weighted by atomic mass is 10.0. The number of hydrogen-bond donors (Lipinski definition) is 2. The summed E-state index contributed by atoms with van der Waals surface area (Å²) >= 11 is 6.21. The Morgan fingerprint density at radius 1 is 1.30 bits per heavy atom. The summed E-state index contributed by atoms with van der Waals surface area (Å²) in [6, 6.07) is 10.2. The molecule has 3 nitrogen and oxygen atoms in total. The molecule has 1 aliphatic heterocycles. The van der Waals surface area contributed by atoms with Crippen LogP contribution in [0.5, 0.6) is 5.75 Å². The third-order valence-corrected chi connectivity index (χ3v) is 3.63. The highest BCUT2D eigenvalue weighted by Gasteiger charge is 2.23. The van der Waals surface area contributed by atoms with Gasteiger partial charge in [-0.2, -0.15) is 0 Å². The van der Waals surface area contributed by atoms with Crippen molar-refractivity contribution in [3.63, 3.8) is 0 Å². The average Bonchev–Trinajstić information content (AvgIpc) is 2.46. The van der Waals surface area contributed by atoms with Crippen molar-refractivity contribution < 1.29 is 9.13 Å². The van der Waals surface area contributed by atoms with Crippen molar-refractivity contribution in [1.29, 1.82) is 0 Å². The standard InChI is InChI=1S/C15H14ClFN2O/c16-13-4-2-1-3-11(13)12-5-9(17)6-14-15(12)19-10(7-18)8-20-14/h1-6,10,19H,7-8,18H2. The highest BCUT2D eigenvalue weighted by Crippen LogP contribution is 2.41. The SMILES string of the molecule is NCC1COc2cc(F)cc(-c3ccccc3Cl)c2N1. The Labute approximate surface area is 121 Å². The van der Waals surface area contributed by atoms with Gasteiger partial charge in [0.1, 0.15) is 18.2 Å². The molecule has 0 fully saturated rings. The normalized spacial score (nSPS) is 17.1. The second-order valence-electron chi connectivity index (χ2n) is 4.69. The van der Waals surface area contributed by atoms with Gasteiger partial charge in [-0.3, -0.25) is 0 Å². The van der Waals surface area contributed by atoms with Crippen molar-refractivity contribution in [3.8, 4) is 16.9 Å². The highest BCUT2D eigenvalue weighted by molar-refractivity contribution is 6.33. The lowest BCUT2D eigenvalue weighted by Crippen LogP contribution is -2.38. The van der Waals surface area contributed by atoms with Gasteiger partial charge in [0, 0.05) is 28.8 Å². The van der Waals surface area contributed by atoms with Gasteiger partial charge in [-0.1, -0.05) is 29.8 Å². The summed E-state index contributed by atoms with van der Waals surface area (Å²) in [6.07, 6.45) is 0. The Hall–Kier alpha value is -1.78. The lowest BCUT2D eigenvalue weighted by Gasteiger charge is -2.28. The average molecular weight is 293 g/mol. The maximum atomic E-state index is 13.8. The van der Waals surface area contributed by atoms with Crippen molar-refractivity contribution >= 4 is 17.3 Å². The van der Waals surface area contributed by atoms with Crippen molar-refractivity contribution in [3.05, 3.63) is 47.2 Å². The van der Waals surface area contributed by atoms with Crippen LogP contribution in [0.3, 0.4) is 0 Å². The van der Waals surface area contributed by atoms with Gasteiger partial charge in [0.2, 0.25) is 0 Å². The van der Waals surface area contributed by atoms with Crippen LogP contribution in [0.4, 0.5) is 10.1 Å². The fourth-order valence-corrected chi connectivity index (χ4v) is 2.54. The molecule has 0 spiro atoms. The van der Waals surface area contributed by atoms with E-state index in [1.165, 1.54) is 12.1 Å². The van der Waals surface area contributed by atoms with Gasteiger partial charge in [0.15, 0.2) is 0 Å². The zero-order valence-corrected chi connectivity index (χ0v) is 11.5. The summed E-state index contributed by atoms with van der Waals surface area (Å²) in [5.74, 6) is 0.135. The second-order valence-corrected chi connectivity index (χ2v) is 5.10. The molecule has 1 aliphatic rings. The molecule has 2 aromatic rings. The third-order valence-electron chi connectivity index (χ3n) is 3.30. The van der Waals surface area contributed by atoms with Gasteiger partial charge in [-0.15, -0.1) is 0 Å². The molecule has 3 N–H and O–H groups in total. The number of anilines is 1. The number of nitrogens with one attached hydrogen (secondary N) is 1. The second kappa shape index (κ2) is 5.31. The minimum absolute atomic E-state index is 0.00852. The molecule has 104 valence electrons. The summed E-state index contributed by atoms with van der Waals surface area (Å²) in [4.78, 5) is 0. The van der Waals surface area contributed by atoms with E-state index in [2.05, 4.69) is 5.32 Å². The number of nitrogens with two attached hydrogens (primary N) is 1. The van der Waals surface area contributed by atoms with Gasteiger partial charge >= 0.3 is 0 Å². The van der Waals surface area contributed by atoms with Crippen LogP contribution in [0.2, 0.25) is 5.02 Å². The largest absolute Gasteiger partial charge is 0.489 e. The molecular weight excluding hydrogens is 279 g/mol. The molecule has 0 saturated heterocycles. The predicted octanol–water partition coefficient (Wildman–Crippen LogP) is 3.28. The molecule has 0 bridgehead atoms. The topological polar surface area (TPSA) is 47.3 Å². The zero-order chi connectivity index (χ0) is 14.1. The number of rotatable bonds is 2. The van der Waals surface area contributed by atoms with E-state index in [9.17, 15) is 4.39 Å². The summed E-state index contributed by atoms with van der Waals surface area (Å²) in [7, 11) is 0. The fraction of sp³-hybridized carbons (Fsp3) is 0.200. The number of hydrogen-bond acceptors (Lipinski definition) is 3. The van der Waals surface area contributed by atoms with Crippen molar-refractivity contribution in [1.82, 2.24) is 0 Å². The molecule has 0 saturated carbocycles. The van der Waals surface area contributed by atoms with E-state index in [4.69, 9.17) is 22.1 Å². The van der Waals surface area contributed by atoms with E-state index >= 15 is 0 Å². The van der Waals surface area contributed by atoms with Crippen LogP contribution in [0.15, 0.2) is 36.4 Å². The van der Waals surface area contributed by atoms with Gasteiger partial charge in [-0.05, 0) is 12.1 Å². The van der Waals surface area contributed by atoms with Gasteiger partial charge in [-0.25, -0.2) is 4.39 Å². The van der Waals surface area contributed by atoms with Crippen LogP contribution in [-0.4, -0.2) is 19.2 Å². The van der Waals surface area contributed by atoms with Crippen LogP contribution in [0, 0.1) is 5.82 Å². The van der Waals surface area contributed by atoms with E-state index in [-0.39, 0.29) is 11.9 Å². The van der Waals surface area contributed by atoms with Gasteiger partial charge in [0.05, 0.1) is 11.7 Å². The van der Waals surface area contributed by atoms with Crippen molar-refractivity contribution in [2.24, 2.45) is 5.73 Å². The molecule has 0 aromatic heterocycles. The van der Waals surface area contributed by atoms with Crippen LogP contribution in [0.1, 0.15) is 0 Å². The van der Waals surface area contributed by atoms with Crippen LogP contribution in [-0.2, 0) is 0 Å². The first kappa shape index (κ1) is 13.2. The number of ether oxygens (including phenoxy) is 1. The fourth-order valence-electron chi connectivity index (χ4n) is 2.30. The minimum atomic E-state index is -0.355. The molecule has 5 heteroatoms. The monoisotopic (exact) mass is 292 g/mol. The van der Waals surface area contributed by atoms with E-state index in [0.29, 0.717) is 29.5 Å². The Bertz CT molecular complexity index is 648. The van der Waals surface area contributed by atoms with Crippen LogP contribution in [0.25, 0.3) is 11.1 Å². The molecule has 20 heavy (non-hydrogen) atoms. The quantitative estimate of drug-likeness (QED) is 0.893. The van der Waals surface area contributed by atoms with Crippen molar-refractivity contribution in [2.75, 3.05) is 18.5 Å². The van der Waals surface area contributed by atoms with Crippen LogP contribution >= 0.6 is 11.6 Å². The first-order valence-electron chi connectivity index (χ1n) is 6.37. The lowest BCUT2D eigenvalue weighted by molar-refractivity contribution is 0.285. The number of benzene rings is 2. The maximum Gasteiger partial charge on any atom is 0.146 e. The predicted molar refractivity (Wildman–Crippen MR) is 78.8 cm³/mol. The smallest absolute Gasteiger partial charge is 0.146 e. The molecule has 2 aromatic carbocycles. The molecule has 1 atom stereocenters. The molecule has 0 amide bonds. The summed E-state index contributed by atoms with van der Waals surface area (Å²) in [6.45, 7) is 0.869. The number of fused-ring (bicyclic) bond motifs is 1. The molecule has 0 radical (unpaired) electrons. The summed E-state index contributed by atoms with van der Waals surface area (Å²) in [5.41, 5.74) is 7.85.